The van der Waals surface area contributed by atoms with Gasteiger partial charge >= 0.3 is 0 Å². The van der Waals surface area contributed by atoms with Gasteiger partial charge in [-0.15, -0.1) is 0 Å². The number of non-ortho nitro benzene ring substituents is 1. The summed E-state index contributed by atoms with van der Waals surface area (Å²) in [4.78, 5) is 10.3. The fraction of sp³-hybridized carbons (Fsp3) is 0.538. The predicted molar refractivity (Wildman–Crippen MR) is 79.8 cm³/mol. The molecule has 0 saturated heterocycles. The van der Waals surface area contributed by atoms with Gasteiger partial charge in [-0.1, -0.05) is 6.92 Å². The van der Waals surface area contributed by atoms with E-state index in [1.54, 1.807) is 0 Å². The summed E-state index contributed by atoms with van der Waals surface area (Å²) in [6.07, 6.45) is 2.50. The topological polar surface area (TPSA) is 92.5 Å². The van der Waals surface area contributed by atoms with Gasteiger partial charge in [0.15, 0.2) is 0 Å². The lowest BCUT2D eigenvalue weighted by atomic mass is 10.3. The van der Waals surface area contributed by atoms with Gasteiger partial charge in [-0.3, -0.25) is 10.1 Å². The second-order valence-electron chi connectivity index (χ2n) is 5.12. The van der Waals surface area contributed by atoms with E-state index in [4.69, 9.17) is 0 Å². The van der Waals surface area contributed by atoms with Gasteiger partial charge in [0.2, 0.25) is 10.0 Å². The molecule has 1 saturated carbocycles. The van der Waals surface area contributed by atoms with Crippen LogP contribution in [0.15, 0.2) is 23.1 Å². The zero-order valence-corrected chi connectivity index (χ0v) is 12.9. The summed E-state index contributed by atoms with van der Waals surface area (Å²) in [6.45, 7) is 2.57. The average Bonchev–Trinajstić information content (AvgIpc) is 3.28. The molecule has 0 unspecified atom stereocenters. The van der Waals surface area contributed by atoms with Gasteiger partial charge in [0.25, 0.3) is 5.69 Å². The standard InChI is InChI=1S/C13H19N3O4S/c1-3-8-14-12-7-6-11(16(17)18)9-13(12)21(19,20)15(2)10-4-5-10/h6-7,9-10,14H,3-5,8H2,1-2H3. The highest BCUT2D eigenvalue weighted by Gasteiger charge is 2.36. The van der Waals surface area contributed by atoms with E-state index in [1.807, 2.05) is 6.92 Å². The number of nitrogens with one attached hydrogen (secondary N) is 1. The van der Waals surface area contributed by atoms with Crippen molar-refractivity contribution < 1.29 is 13.3 Å². The fourth-order valence-electron chi connectivity index (χ4n) is 2.03. The maximum atomic E-state index is 12.6. The third kappa shape index (κ3) is 3.33. The van der Waals surface area contributed by atoms with E-state index < -0.39 is 14.9 Å². The molecular formula is C13H19N3O4S. The van der Waals surface area contributed by atoms with Crippen molar-refractivity contribution in [1.29, 1.82) is 0 Å². The fourth-order valence-corrected chi connectivity index (χ4v) is 3.63. The normalized spacial score (nSPS) is 15.2. The van der Waals surface area contributed by atoms with Crippen molar-refractivity contribution >= 4 is 21.4 Å². The van der Waals surface area contributed by atoms with Crippen LogP contribution in [0.1, 0.15) is 26.2 Å². The average molecular weight is 313 g/mol. The van der Waals surface area contributed by atoms with E-state index in [0.717, 1.165) is 25.3 Å². The minimum absolute atomic E-state index is 0.00767. The summed E-state index contributed by atoms with van der Waals surface area (Å²) in [7, 11) is -2.20. The number of anilines is 1. The van der Waals surface area contributed by atoms with Gasteiger partial charge in [-0.2, -0.15) is 4.31 Å². The summed E-state index contributed by atoms with van der Waals surface area (Å²) in [5, 5.41) is 13.9. The highest BCUT2D eigenvalue weighted by Crippen LogP contribution is 2.34. The number of nitro benzene ring substituents is 1. The molecule has 0 heterocycles. The van der Waals surface area contributed by atoms with Crippen LogP contribution in [0, 0.1) is 10.1 Å². The summed E-state index contributed by atoms with van der Waals surface area (Å²) in [5.74, 6) is 0. The molecule has 0 radical (unpaired) electrons. The number of rotatable bonds is 7. The monoisotopic (exact) mass is 313 g/mol. The molecule has 1 aromatic carbocycles. The molecule has 0 bridgehead atoms. The Morgan fingerprint density at radius 1 is 1.43 bits per heavy atom. The number of nitrogens with zero attached hydrogens (tertiary/aromatic N) is 2. The lowest BCUT2D eigenvalue weighted by Gasteiger charge is -2.19. The zero-order chi connectivity index (χ0) is 15.6. The molecule has 7 nitrogen and oxygen atoms in total. The van der Waals surface area contributed by atoms with Gasteiger partial charge in [-0.25, -0.2) is 8.42 Å². The first-order valence-electron chi connectivity index (χ1n) is 6.88. The molecule has 0 aromatic heterocycles. The first-order valence-corrected chi connectivity index (χ1v) is 8.32. The predicted octanol–water partition coefficient (Wildman–Crippen LogP) is 2.20. The van der Waals surface area contributed by atoms with Crippen molar-refractivity contribution in [2.75, 3.05) is 18.9 Å². The molecule has 0 atom stereocenters. The van der Waals surface area contributed by atoms with E-state index in [1.165, 1.54) is 23.5 Å². The Balaban J connectivity index is 2.46. The minimum Gasteiger partial charge on any atom is -0.384 e. The number of benzene rings is 1. The van der Waals surface area contributed by atoms with Gasteiger partial charge in [0.05, 0.1) is 10.6 Å². The molecular weight excluding hydrogens is 294 g/mol. The van der Waals surface area contributed by atoms with Crippen LogP contribution in [0.25, 0.3) is 0 Å². The van der Waals surface area contributed by atoms with Crippen LogP contribution in [-0.2, 0) is 10.0 Å². The maximum Gasteiger partial charge on any atom is 0.270 e. The molecule has 116 valence electrons. The van der Waals surface area contributed by atoms with Gasteiger partial charge in [-0.05, 0) is 25.3 Å². The van der Waals surface area contributed by atoms with Crippen LogP contribution in [0.2, 0.25) is 0 Å². The summed E-state index contributed by atoms with van der Waals surface area (Å²) in [5.41, 5.74) is 0.190. The second kappa shape index (κ2) is 5.98. The summed E-state index contributed by atoms with van der Waals surface area (Å²) in [6, 6.07) is 3.91. The Hall–Kier alpha value is -1.67. The number of nitro groups is 1. The van der Waals surface area contributed by atoms with E-state index in [0.29, 0.717) is 12.2 Å². The molecule has 8 heteroatoms. The lowest BCUT2D eigenvalue weighted by molar-refractivity contribution is -0.385. The molecule has 0 amide bonds. The Morgan fingerprint density at radius 3 is 2.62 bits per heavy atom. The quantitative estimate of drug-likeness (QED) is 0.615. The van der Waals surface area contributed by atoms with Crippen LogP contribution in [-0.4, -0.2) is 37.3 Å². The van der Waals surface area contributed by atoms with Gasteiger partial charge in [0.1, 0.15) is 4.90 Å². The minimum atomic E-state index is -3.73. The third-order valence-electron chi connectivity index (χ3n) is 3.46. The van der Waals surface area contributed by atoms with Gasteiger partial charge in [0, 0.05) is 31.8 Å². The molecule has 1 fully saturated rings. The molecule has 1 aliphatic carbocycles. The Labute approximate surface area is 124 Å². The highest BCUT2D eigenvalue weighted by molar-refractivity contribution is 7.89. The van der Waals surface area contributed by atoms with Crippen LogP contribution >= 0.6 is 0 Å². The molecule has 1 N–H and O–H groups in total. The smallest absolute Gasteiger partial charge is 0.270 e. The highest BCUT2D eigenvalue weighted by atomic mass is 32.2. The Kier molecular flexibility index (Phi) is 4.48. The van der Waals surface area contributed by atoms with E-state index >= 15 is 0 Å². The molecule has 2 rings (SSSR count). The molecule has 0 aliphatic heterocycles. The van der Waals surface area contributed by atoms with Crippen LogP contribution < -0.4 is 5.32 Å². The van der Waals surface area contributed by atoms with E-state index in [2.05, 4.69) is 5.32 Å². The largest absolute Gasteiger partial charge is 0.384 e. The zero-order valence-electron chi connectivity index (χ0n) is 12.1. The number of hydrogen-bond acceptors (Lipinski definition) is 5. The Bertz CT molecular complexity index is 641. The third-order valence-corrected chi connectivity index (χ3v) is 5.41. The Morgan fingerprint density at radius 2 is 2.10 bits per heavy atom. The first kappa shape index (κ1) is 15.7. The van der Waals surface area contributed by atoms with E-state index in [9.17, 15) is 18.5 Å². The van der Waals surface area contributed by atoms with Crippen molar-refractivity contribution in [2.24, 2.45) is 0 Å². The van der Waals surface area contributed by atoms with Crippen molar-refractivity contribution in [1.82, 2.24) is 4.31 Å². The summed E-state index contributed by atoms with van der Waals surface area (Å²) >= 11 is 0. The van der Waals surface area contributed by atoms with E-state index in [-0.39, 0.29) is 16.6 Å². The second-order valence-corrected chi connectivity index (χ2v) is 7.08. The number of hydrogen-bond donors (Lipinski definition) is 1. The lowest BCUT2D eigenvalue weighted by Crippen LogP contribution is -2.29. The van der Waals surface area contributed by atoms with Crippen molar-refractivity contribution in [3.63, 3.8) is 0 Å². The summed E-state index contributed by atoms with van der Waals surface area (Å²) < 4.78 is 26.6. The van der Waals surface area contributed by atoms with Crippen LogP contribution in [0.4, 0.5) is 11.4 Å². The van der Waals surface area contributed by atoms with Crippen molar-refractivity contribution in [2.45, 2.75) is 37.1 Å². The maximum absolute atomic E-state index is 12.6. The molecule has 1 aliphatic rings. The molecule has 21 heavy (non-hydrogen) atoms. The van der Waals surface area contributed by atoms with Gasteiger partial charge < -0.3 is 5.32 Å². The molecule has 0 spiro atoms. The SMILES string of the molecule is CCCNc1ccc([N+](=O)[O-])cc1S(=O)(=O)N(C)C1CC1. The van der Waals surface area contributed by atoms with Crippen LogP contribution in [0.3, 0.4) is 0 Å². The molecule has 1 aromatic rings. The number of sulfonamides is 1. The first-order chi connectivity index (χ1) is 9.87. The van der Waals surface area contributed by atoms with Crippen molar-refractivity contribution in [3.05, 3.63) is 28.3 Å². The van der Waals surface area contributed by atoms with Crippen LogP contribution in [0.5, 0.6) is 0 Å². The van der Waals surface area contributed by atoms with Crippen molar-refractivity contribution in [3.8, 4) is 0 Å².